The van der Waals surface area contributed by atoms with E-state index in [4.69, 9.17) is 4.74 Å². The van der Waals surface area contributed by atoms with Crippen LogP contribution in [0.15, 0.2) is 53.9 Å². The van der Waals surface area contributed by atoms with Gasteiger partial charge >= 0.3 is 12.1 Å². The molecule has 0 radical (unpaired) electrons. The summed E-state index contributed by atoms with van der Waals surface area (Å²) < 4.78 is 59.2. The molecule has 1 heterocycles. The van der Waals surface area contributed by atoms with Gasteiger partial charge in [-0.05, 0) is 49.2 Å². The van der Waals surface area contributed by atoms with Gasteiger partial charge in [0.05, 0.1) is 18.2 Å². The van der Waals surface area contributed by atoms with Gasteiger partial charge in [0.15, 0.2) is 0 Å². The molecule has 0 aliphatic carbocycles. The van der Waals surface area contributed by atoms with E-state index in [1.54, 1.807) is 20.8 Å². The number of carboxylic acids is 1. The van der Waals surface area contributed by atoms with Crippen molar-refractivity contribution >= 4 is 11.7 Å². The third kappa shape index (κ3) is 4.27. The second kappa shape index (κ2) is 8.01. The third-order valence-corrected chi connectivity index (χ3v) is 4.86. The summed E-state index contributed by atoms with van der Waals surface area (Å²) in [5.74, 6) is -2.36. The summed E-state index contributed by atoms with van der Waals surface area (Å²) in [4.78, 5) is 13.5. The molecule has 1 aliphatic rings. The zero-order valence-corrected chi connectivity index (χ0v) is 16.6. The highest BCUT2D eigenvalue weighted by Gasteiger charge is 2.38. The first-order valence-electron chi connectivity index (χ1n) is 9.36. The van der Waals surface area contributed by atoms with Crippen LogP contribution in [0.25, 0.3) is 0 Å². The molecule has 0 amide bonds. The molecule has 3 rings (SSSR count). The molecule has 1 atom stereocenters. The van der Waals surface area contributed by atoms with Crippen molar-refractivity contribution in [1.29, 1.82) is 0 Å². The maximum absolute atomic E-state index is 13.4. The Morgan fingerprint density at radius 3 is 2.33 bits per heavy atom. The predicted octanol–water partition coefficient (Wildman–Crippen LogP) is 5.69. The lowest BCUT2D eigenvalue weighted by Gasteiger charge is -2.37. The van der Waals surface area contributed by atoms with Gasteiger partial charge in [-0.1, -0.05) is 25.1 Å². The number of hydrogen-bond donors (Lipinski definition) is 1. The Morgan fingerprint density at radius 2 is 1.80 bits per heavy atom. The van der Waals surface area contributed by atoms with Gasteiger partial charge in [0.1, 0.15) is 11.4 Å². The third-order valence-electron chi connectivity index (χ3n) is 4.86. The van der Waals surface area contributed by atoms with Crippen molar-refractivity contribution in [3.8, 4) is 0 Å². The Labute approximate surface area is 171 Å². The van der Waals surface area contributed by atoms with Crippen LogP contribution in [-0.4, -0.2) is 17.2 Å². The van der Waals surface area contributed by atoms with Crippen LogP contribution in [0.3, 0.4) is 0 Å². The second-order valence-electron chi connectivity index (χ2n) is 7.40. The second-order valence-corrected chi connectivity index (χ2v) is 7.40. The molecule has 0 saturated carbocycles. The molecule has 0 spiro atoms. The van der Waals surface area contributed by atoms with E-state index in [2.05, 4.69) is 0 Å². The summed E-state index contributed by atoms with van der Waals surface area (Å²) in [6.07, 6.45) is -4.97. The van der Waals surface area contributed by atoms with Crippen molar-refractivity contribution < 1.29 is 32.2 Å². The molecule has 0 saturated heterocycles. The monoisotopic (exact) mass is 423 g/mol. The van der Waals surface area contributed by atoms with Gasteiger partial charge in [-0.25, -0.2) is 9.18 Å². The van der Waals surface area contributed by atoms with Crippen molar-refractivity contribution in [2.45, 2.75) is 45.5 Å². The van der Waals surface area contributed by atoms with Crippen molar-refractivity contribution in [1.82, 2.24) is 0 Å². The smallest absolute Gasteiger partial charge is 0.416 e. The highest BCUT2D eigenvalue weighted by atomic mass is 19.4. The van der Waals surface area contributed by atoms with Gasteiger partial charge in [-0.3, -0.25) is 0 Å². The summed E-state index contributed by atoms with van der Waals surface area (Å²) in [7, 11) is 0. The fraction of sp³-hybridized carbons (Fsp3) is 0.318. The molecule has 2 aromatic rings. The highest BCUT2D eigenvalue weighted by Crippen LogP contribution is 2.45. The number of anilines is 1. The quantitative estimate of drug-likeness (QED) is 0.628. The highest BCUT2D eigenvalue weighted by molar-refractivity contribution is 5.92. The van der Waals surface area contributed by atoms with E-state index in [1.807, 2.05) is 0 Å². The van der Waals surface area contributed by atoms with Gasteiger partial charge in [-0.15, -0.1) is 0 Å². The molecule has 160 valence electrons. The molecule has 30 heavy (non-hydrogen) atoms. The molecule has 8 heteroatoms. The standard InChI is InChI=1S/C22H21F4NO3/c1-12(2)30-20-19(21(28)29)13(3)17-9-6-15(22(24,25)26)10-18(17)27(20)11-14-4-7-16(23)8-5-14/h4-10,12-13H,11H2,1-3H3,(H,28,29). The zero-order valence-electron chi connectivity index (χ0n) is 16.6. The van der Waals surface area contributed by atoms with Crippen molar-refractivity contribution in [2.24, 2.45) is 0 Å². The van der Waals surface area contributed by atoms with Crippen LogP contribution in [0, 0.1) is 5.82 Å². The molecule has 4 nitrogen and oxygen atoms in total. The fourth-order valence-corrected chi connectivity index (χ4v) is 3.47. The largest absolute Gasteiger partial charge is 0.478 e. The summed E-state index contributed by atoms with van der Waals surface area (Å²) in [6, 6.07) is 8.70. The summed E-state index contributed by atoms with van der Waals surface area (Å²) in [5.41, 5.74) is 0.350. The Kier molecular flexibility index (Phi) is 5.78. The fourth-order valence-electron chi connectivity index (χ4n) is 3.47. The first kappa shape index (κ1) is 21.7. The summed E-state index contributed by atoms with van der Waals surface area (Å²) in [6.45, 7) is 5.04. The van der Waals surface area contributed by atoms with Gasteiger partial charge in [0.2, 0.25) is 5.88 Å². The minimum Gasteiger partial charge on any atom is -0.478 e. The van der Waals surface area contributed by atoms with Crippen LogP contribution in [0.4, 0.5) is 23.2 Å². The van der Waals surface area contributed by atoms with Gasteiger partial charge < -0.3 is 14.7 Å². The number of alkyl halides is 3. The maximum Gasteiger partial charge on any atom is 0.416 e. The zero-order chi connectivity index (χ0) is 22.2. The van der Waals surface area contributed by atoms with Gasteiger partial charge in [-0.2, -0.15) is 13.2 Å². The van der Waals surface area contributed by atoms with Gasteiger partial charge in [0.25, 0.3) is 0 Å². The molecule has 0 aromatic heterocycles. The number of hydrogen-bond acceptors (Lipinski definition) is 3. The molecule has 0 bridgehead atoms. The van der Waals surface area contributed by atoms with Crippen LogP contribution in [-0.2, 0) is 22.3 Å². The Morgan fingerprint density at radius 1 is 1.17 bits per heavy atom. The average Bonchev–Trinajstić information content (AvgIpc) is 2.64. The van der Waals surface area contributed by atoms with Crippen LogP contribution in [0.2, 0.25) is 0 Å². The number of nitrogens with zero attached hydrogens (tertiary/aromatic N) is 1. The molecule has 0 fully saturated rings. The minimum atomic E-state index is -4.56. The molecule has 1 N–H and O–H groups in total. The molecular formula is C22H21F4NO3. The SMILES string of the molecule is CC(C)OC1=C(C(=O)O)C(C)c2ccc(C(F)(F)F)cc2N1Cc1ccc(F)cc1. The summed E-state index contributed by atoms with van der Waals surface area (Å²) in [5, 5.41) is 9.83. The molecule has 2 aromatic carbocycles. The maximum atomic E-state index is 13.4. The van der Waals surface area contributed by atoms with Crippen LogP contribution in [0.1, 0.15) is 43.4 Å². The van der Waals surface area contributed by atoms with E-state index in [0.29, 0.717) is 11.1 Å². The number of aliphatic carboxylic acids is 1. The number of carboxylic acid groups (broad SMARTS) is 1. The van der Waals surface area contributed by atoms with E-state index in [0.717, 1.165) is 12.1 Å². The normalized spacial score (nSPS) is 16.7. The van der Waals surface area contributed by atoms with Gasteiger partial charge in [0, 0.05) is 11.6 Å². The minimum absolute atomic E-state index is 0.0128. The van der Waals surface area contributed by atoms with Crippen molar-refractivity contribution in [3.63, 3.8) is 0 Å². The number of ether oxygens (including phenoxy) is 1. The predicted molar refractivity (Wildman–Crippen MR) is 103 cm³/mol. The van der Waals surface area contributed by atoms with E-state index >= 15 is 0 Å². The Bertz CT molecular complexity index is 981. The Balaban J connectivity index is 2.22. The molecule has 1 unspecified atom stereocenters. The van der Waals surface area contributed by atoms with E-state index < -0.39 is 35.5 Å². The molecular weight excluding hydrogens is 402 g/mol. The van der Waals surface area contributed by atoms with E-state index in [1.165, 1.54) is 35.2 Å². The topological polar surface area (TPSA) is 49.8 Å². The average molecular weight is 423 g/mol. The van der Waals surface area contributed by atoms with Crippen LogP contribution in [0.5, 0.6) is 0 Å². The van der Waals surface area contributed by atoms with Crippen molar-refractivity contribution in [2.75, 3.05) is 4.90 Å². The first-order valence-corrected chi connectivity index (χ1v) is 9.36. The lowest BCUT2D eigenvalue weighted by atomic mass is 9.87. The van der Waals surface area contributed by atoms with Crippen molar-refractivity contribution in [3.05, 3.63) is 76.4 Å². The Hall–Kier alpha value is -3.03. The lowest BCUT2D eigenvalue weighted by molar-refractivity contribution is -0.137. The summed E-state index contributed by atoms with van der Waals surface area (Å²) >= 11 is 0. The number of benzene rings is 2. The number of fused-ring (bicyclic) bond motifs is 1. The van der Waals surface area contributed by atoms with E-state index in [-0.39, 0.29) is 23.7 Å². The lowest BCUT2D eigenvalue weighted by Crippen LogP contribution is -2.34. The number of halogens is 4. The van der Waals surface area contributed by atoms with Crippen LogP contribution >= 0.6 is 0 Å². The van der Waals surface area contributed by atoms with E-state index in [9.17, 15) is 27.5 Å². The van der Waals surface area contributed by atoms with Crippen LogP contribution < -0.4 is 4.90 Å². The number of rotatable bonds is 5. The molecule has 1 aliphatic heterocycles. The first-order chi connectivity index (χ1) is 14.0. The number of carbonyl (C=O) groups is 1.